The van der Waals surface area contributed by atoms with E-state index in [2.05, 4.69) is 47.3 Å². The first kappa shape index (κ1) is 24.7. The van der Waals surface area contributed by atoms with Gasteiger partial charge in [-0.15, -0.1) is 0 Å². The molecule has 0 aliphatic heterocycles. The van der Waals surface area contributed by atoms with Crippen molar-refractivity contribution in [1.29, 1.82) is 0 Å². The number of benzene rings is 1. The summed E-state index contributed by atoms with van der Waals surface area (Å²) in [7, 11) is 0. The number of halogens is 4. The molecule has 168 valence electrons. The van der Waals surface area contributed by atoms with Crippen LogP contribution in [-0.4, -0.2) is 39.2 Å². The Morgan fingerprint density at radius 3 is 2.56 bits per heavy atom. The maximum Gasteiger partial charge on any atom is 0.277 e. The van der Waals surface area contributed by atoms with Crippen molar-refractivity contribution in [2.75, 3.05) is 11.4 Å². The van der Waals surface area contributed by atoms with Gasteiger partial charge in [-0.25, -0.2) is 9.67 Å². The molecule has 32 heavy (non-hydrogen) atoms. The Morgan fingerprint density at radius 1 is 1.22 bits per heavy atom. The van der Waals surface area contributed by atoms with Crippen molar-refractivity contribution in [3.8, 4) is 5.82 Å². The van der Waals surface area contributed by atoms with E-state index in [1.807, 2.05) is 20.8 Å². The standard InChI is InChI=1S/C21H19Br2Cl2N5O2/c1-4-29(18-13(20(31)27-11(2)3)8-12(24)9-14(18)22)21(32)16-10-17(23)28-30(16)19-15(25)6-5-7-26-19/h5-11H,4H2,1-3H3,(H,27,31). The largest absolute Gasteiger partial charge is 0.350 e. The maximum atomic E-state index is 13.7. The van der Waals surface area contributed by atoms with Crippen LogP contribution in [0.15, 0.2) is 45.6 Å². The molecular weight excluding hydrogens is 585 g/mol. The second kappa shape index (κ2) is 10.3. The van der Waals surface area contributed by atoms with Gasteiger partial charge in [0.25, 0.3) is 11.8 Å². The molecule has 0 atom stereocenters. The highest BCUT2D eigenvalue weighted by molar-refractivity contribution is 9.10. The van der Waals surface area contributed by atoms with Crippen molar-refractivity contribution >= 4 is 72.6 Å². The highest BCUT2D eigenvalue weighted by Gasteiger charge is 2.28. The van der Waals surface area contributed by atoms with Crippen LogP contribution < -0.4 is 10.2 Å². The minimum Gasteiger partial charge on any atom is -0.350 e. The third kappa shape index (κ3) is 5.17. The summed E-state index contributed by atoms with van der Waals surface area (Å²) in [5.41, 5.74) is 0.890. The van der Waals surface area contributed by atoms with Crippen molar-refractivity contribution in [3.05, 3.63) is 66.9 Å². The third-order valence-electron chi connectivity index (χ3n) is 4.36. The quantitative estimate of drug-likeness (QED) is 0.380. The molecule has 3 aromatic rings. The van der Waals surface area contributed by atoms with Gasteiger partial charge in [-0.05, 0) is 76.9 Å². The molecule has 0 unspecified atom stereocenters. The first-order valence-electron chi connectivity index (χ1n) is 9.62. The van der Waals surface area contributed by atoms with Gasteiger partial charge in [-0.1, -0.05) is 23.2 Å². The lowest BCUT2D eigenvalue weighted by Crippen LogP contribution is -2.36. The van der Waals surface area contributed by atoms with Crippen LogP contribution in [0.4, 0.5) is 5.69 Å². The van der Waals surface area contributed by atoms with Crippen LogP contribution >= 0.6 is 55.1 Å². The molecule has 0 saturated carbocycles. The number of hydrogen-bond donors (Lipinski definition) is 1. The molecule has 2 heterocycles. The van der Waals surface area contributed by atoms with E-state index in [1.54, 1.807) is 30.5 Å². The lowest BCUT2D eigenvalue weighted by atomic mass is 10.1. The summed E-state index contributed by atoms with van der Waals surface area (Å²) in [5, 5.41) is 7.89. The van der Waals surface area contributed by atoms with E-state index in [9.17, 15) is 9.59 Å². The Kier molecular flexibility index (Phi) is 7.97. The van der Waals surface area contributed by atoms with Crippen LogP contribution in [0.1, 0.15) is 41.6 Å². The minimum absolute atomic E-state index is 0.0948. The lowest BCUT2D eigenvalue weighted by Gasteiger charge is -2.25. The number of amides is 2. The van der Waals surface area contributed by atoms with Gasteiger partial charge in [0.15, 0.2) is 5.82 Å². The fourth-order valence-corrected chi connectivity index (χ4v) is 4.70. The number of nitrogens with one attached hydrogen (secondary N) is 1. The Morgan fingerprint density at radius 2 is 1.94 bits per heavy atom. The van der Waals surface area contributed by atoms with Gasteiger partial charge >= 0.3 is 0 Å². The third-order valence-corrected chi connectivity index (χ3v) is 5.87. The van der Waals surface area contributed by atoms with Crippen molar-refractivity contribution < 1.29 is 9.59 Å². The normalized spacial score (nSPS) is 11.0. The van der Waals surface area contributed by atoms with E-state index in [0.29, 0.717) is 30.6 Å². The second-order valence-electron chi connectivity index (χ2n) is 7.03. The first-order valence-corrected chi connectivity index (χ1v) is 12.0. The molecular formula is C21H19Br2Cl2N5O2. The molecule has 1 aromatic carbocycles. The van der Waals surface area contributed by atoms with E-state index < -0.39 is 5.91 Å². The lowest BCUT2D eigenvalue weighted by molar-refractivity contribution is 0.0943. The number of pyridine rings is 1. The number of aromatic nitrogens is 3. The summed E-state index contributed by atoms with van der Waals surface area (Å²) in [4.78, 5) is 32.4. The van der Waals surface area contributed by atoms with Crippen molar-refractivity contribution in [2.45, 2.75) is 26.8 Å². The first-order chi connectivity index (χ1) is 15.1. The van der Waals surface area contributed by atoms with E-state index in [0.717, 1.165) is 0 Å². The summed E-state index contributed by atoms with van der Waals surface area (Å²) in [5.74, 6) is -0.423. The number of hydrogen-bond acceptors (Lipinski definition) is 4. The Labute approximate surface area is 212 Å². The summed E-state index contributed by atoms with van der Waals surface area (Å²) in [6.45, 7) is 5.80. The average molecular weight is 604 g/mol. The molecule has 0 radical (unpaired) electrons. The SMILES string of the molecule is CCN(C(=O)c1cc(Br)nn1-c1ncccc1Cl)c1c(Br)cc(Cl)cc1C(=O)NC(C)C. The van der Waals surface area contributed by atoms with Crippen LogP contribution in [0.25, 0.3) is 5.82 Å². The van der Waals surface area contributed by atoms with Crippen LogP contribution in [0, 0.1) is 0 Å². The zero-order chi connectivity index (χ0) is 23.6. The van der Waals surface area contributed by atoms with Gasteiger partial charge in [-0.3, -0.25) is 9.59 Å². The van der Waals surface area contributed by atoms with E-state index >= 15 is 0 Å². The summed E-state index contributed by atoms with van der Waals surface area (Å²) < 4.78 is 2.32. The van der Waals surface area contributed by atoms with E-state index in [4.69, 9.17) is 23.2 Å². The van der Waals surface area contributed by atoms with Gasteiger partial charge in [-0.2, -0.15) is 5.10 Å². The van der Waals surface area contributed by atoms with Gasteiger partial charge in [0, 0.05) is 34.3 Å². The van der Waals surface area contributed by atoms with Gasteiger partial charge < -0.3 is 10.2 Å². The van der Waals surface area contributed by atoms with Crippen molar-refractivity contribution in [1.82, 2.24) is 20.1 Å². The minimum atomic E-state index is -0.394. The fourth-order valence-electron chi connectivity index (χ4n) is 3.09. The zero-order valence-electron chi connectivity index (χ0n) is 17.4. The predicted octanol–water partition coefficient (Wildman–Crippen LogP) is 5.90. The number of rotatable bonds is 6. The highest BCUT2D eigenvalue weighted by Crippen LogP contribution is 2.35. The molecule has 11 heteroatoms. The maximum absolute atomic E-state index is 13.7. The smallest absolute Gasteiger partial charge is 0.277 e. The summed E-state index contributed by atoms with van der Waals surface area (Å²) >= 11 is 19.3. The number of nitrogens with zero attached hydrogens (tertiary/aromatic N) is 4. The Bertz CT molecular complexity index is 1180. The molecule has 0 saturated heterocycles. The van der Waals surface area contributed by atoms with Crippen molar-refractivity contribution in [2.24, 2.45) is 0 Å². The fraction of sp³-hybridized carbons (Fsp3) is 0.238. The molecule has 0 aliphatic rings. The molecule has 3 rings (SSSR count). The zero-order valence-corrected chi connectivity index (χ0v) is 22.0. The van der Waals surface area contributed by atoms with Crippen LogP contribution in [0.2, 0.25) is 10.0 Å². The monoisotopic (exact) mass is 601 g/mol. The molecule has 1 N–H and O–H groups in total. The Hall–Kier alpha value is -1.94. The summed E-state index contributed by atoms with van der Waals surface area (Å²) in [6.07, 6.45) is 1.56. The van der Waals surface area contributed by atoms with Crippen LogP contribution in [0.5, 0.6) is 0 Å². The Balaban J connectivity index is 2.15. The number of carbonyl (C=O) groups is 2. The number of anilines is 1. The molecule has 0 aliphatic carbocycles. The predicted molar refractivity (Wildman–Crippen MR) is 133 cm³/mol. The molecule has 0 spiro atoms. The van der Waals surface area contributed by atoms with Crippen LogP contribution in [-0.2, 0) is 0 Å². The number of carbonyl (C=O) groups excluding carboxylic acids is 2. The van der Waals surface area contributed by atoms with Gasteiger partial charge in [0.1, 0.15) is 10.3 Å². The second-order valence-corrected chi connectivity index (χ2v) is 9.54. The van der Waals surface area contributed by atoms with Crippen molar-refractivity contribution in [3.63, 3.8) is 0 Å². The molecule has 0 fully saturated rings. The molecule has 2 aromatic heterocycles. The molecule has 0 bridgehead atoms. The van der Waals surface area contributed by atoms with E-state index in [1.165, 1.54) is 15.6 Å². The van der Waals surface area contributed by atoms with Gasteiger partial charge in [0.2, 0.25) is 0 Å². The summed E-state index contributed by atoms with van der Waals surface area (Å²) in [6, 6.07) is 8.01. The van der Waals surface area contributed by atoms with Crippen LogP contribution in [0.3, 0.4) is 0 Å². The topological polar surface area (TPSA) is 80.1 Å². The average Bonchev–Trinajstić information content (AvgIpc) is 3.10. The van der Waals surface area contributed by atoms with Gasteiger partial charge in [0.05, 0.1) is 16.3 Å². The molecule has 2 amide bonds. The van der Waals surface area contributed by atoms with E-state index in [-0.39, 0.29) is 29.8 Å². The highest BCUT2D eigenvalue weighted by atomic mass is 79.9. The molecule has 7 nitrogen and oxygen atoms in total.